The number of hydrogen-bond donors (Lipinski definition) is 0. The highest BCUT2D eigenvalue weighted by molar-refractivity contribution is 5.51. The zero-order valence-electron chi connectivity index (χ0n) is 10.3. The topological polar surface area (TPSA) is 52.4 Å². The molecule has 0 unspecified atom stereocenters. The van der Waals surface area contributed by atoms with Gasteiger partial charge in [-0.25, -0.2) is 0 Å². The molecule has 0 amide bonds. The molecule has 2 aromatic rings. The number of rotatable bonds is 4. The third-order valence-electron chi connectivity index (χ3n) is 3.20. The van der Waals surface area contributed by atoms with Gasteiger partial charge < -0.3 is 4.74 Å². The summed E-state index contributed by atoms with van der Waals surface area (Å²) in [5.41, 5.74) is 1.07. The summed E-state index contributed by atoms with van der Waals surface area (Å²) in [5, 5.41) is 11.1. The van der Waals surface area contributed by atoms with Crippen LogP contribution in [0.15, 0.2) is 48.5 Å². The van der Waals surface area contributed by atoms with E-state index in [2.05, 4.69) is 0 Å². The summed E-state index contributed by atoms with van der Waals surface area (Å²) < 4.78 is 5.58. The maximum Gasteiger partial charge on any atom is 0.311 e. The molecule has 0 atom stereocenters. The Hall–Kier alpha value is -2.36. The van der Waals surface area contributed by atoms with Crippen molar-refractivity contribution in [2.75, 3.05) is 0 Å². The predicted octanol–water partition coefficient (Wildman–Crippen LogP) is 4.26. The first-order valence-electron chi connectivity index (χ1n) is 6.25. The highest BCUT2D eigenvalue weighted by Gasteiger charge is 2.27. The minimum atomic E-state index is -0.385. The zero-order valence-corrected chi connectivity index (χ0v) is 10.3. The van der Waals surface area contributed by atoms with Crippen LogP contribution in [-0.2, 0) is 0 Å². The van der Waals surface area contributed by atoms with E-state index in [0.29, 0.717) is 17.4 Å². The number of para-hydroxylation sites is 1. The number of hydrogen-bond acceptors (Lipinski definition) is 3. The molecular formula is C15H13NO3. The van der Waals surface area contributed by atoms with Crippen LogP contribution in [0.2, 0.25) is 0 Å². The van der Waals surface area contributed by atoms with Crippen molar-refractivity contribution in [1.29, 1.82) is 0 Å². The molecule has 0 bridgehead atoms. The lowest BCUT2D eigenvalue weighted by molar-refractivity contribution is -0.385. The smallest absolute Gasteiger partial charge is 0.311 e. The average Bonchev–Trinajstić information content (AvgIpc) is 3.24. The molecule has 0 saturated heterocycles. The largest absolute Gasteiger partial charge is 0.450 e. The predicted molar refractivity (Wildman–Crippen MR) is 71.6 cm³/mol. The zero-order chi connectivity index (χ0) is 13.2. The molecule has 0 aromatic heterocycles. The fourth-order valence-corrected chi connectivity index (χ4v) is 2.05. The maximum atomic E-state index is 11.1. The minimum Gasteiger partial charge on any atom is -0.450 e. The van der Waals surface area contributed by atoms with Gasteiger partial charge >= 0.3 is 5.69 Å². The summed E-state index contributed by atoms with van der Waals surface area (Å²) in [7, 11) is 0. The standard InChI is InChI=1S/C15H13NO3/c17-16(18)14-10-12(11-6-7-11)8-9-15(14)19-13-4-2-1-3-5-13/h1-5,8-11H,6-7H2. The van der Waals surface area contributed by atoms with Gasteiger partial charge in [0.15, 0.2) is 0 Å². The van der Waals surface area contributed by atoms with Crippen molar-refractivity contribution in [1.82, 2.24) is 0 Å². The molecule has 2 aromatic carbocycles. The number of nitro benzene ring substituents is 1. The molecule has 1 aliphatic rings. The van der Waals surface area contributed by atoms with E-state index < -0.39 is 0 Å². The summed E-state index contributed by atoms with van der Waals surface area (Å²) >= 11 is 0. The van der Waals surface area contributed by atoms with Gasteiger partial charge in [0.1, 0.15) is 5.75 Å². The quantitative estimate of drug-likeness (QED) is 0.605. The van der Waals surface area contributed by atoms with E-state index in [1.165, 1.54) is 0 Å². The van der Waals surface area contributed by atoms with Crippen molar-refractivity contribution in [3.63, 3.8) is 0 Å². The summed E-state index contributed by atoms with van der Waals surface area (Å²) in [4.78, 5) is 10.7. The van der Waals surface area contributed by atoms with Gasteiger partial charge in [-0.15, -0.1) is 0 Å². The fraction of sp³-hybridized carbons (Fsp3) is 0.200. The SMILES string of the molecule is O=[N+]([O-])c1cc(C2CC2)ccc1Oc1ccccc1. The van der Waals surface area contributed by atoms with E-state index in [1.807, 2.05) is 24.3 Å². The third-order valence-corrected chi connectivity index (χ3v) is 3.20. The van der Waals surface area contributed by atoms with Crippen molar-refractivity contribution in [3.05, 3.63) is 64.2 Å². The second-order valence-corrected chi connectivity index (χ2v) is 4.67. The number of nitrogens with zero attached hydrogens (tertiary/aromatic N) is 1. The Balaban J connectivity index is 1.93. The first-order chi connectivity index (χ1) is 9.24. The molecule has 1 saturated carbocycles. The number of ether oxygens (including phenoxy) is 1. The lowest BCUT2D eigenvalue weighted by atomic mass is 10.1. The monoisotopic (exact) mass is 255 g/mol. The Morgan fingerprint density at radius 1 is 1.11 bits per heavy atom. The Labute approximate surface area is 110 Å². The minimum absolute atomic E-state index is 0.0354. The average molecular weight is 255 g/mol. The highest BCUT2D eigenvalue weighted by atomic mass is 16.6. The molecule has 1 fully saturated rings. The van der Waals surface area contributed by atoms with E-state index in [4.69, 9.17) is 4.74 Å². The number of nitro groups is 1. The molecule has 0 radical (unpaired) electrons. The molecule has 4 heteroatoms. The summed E-state index contributed by atoms with van der Waals surface area (Å²) in [6.07, 6.45) is 2.24. The summed E-state index contributed by atoms with van der Waals surface area (Å²) in [5.74, 6) is 1.38. The van der Waals surface area contributed by atoms with Gasteiger partial charge in [-0.2, -0.15) is 0 Å². The van der Waals surface area contributed by atoms with Crippen LogP contribution in [0.4, 0.5) is 5.69 Å². The Bertz CT molecular complexity index is 606. The molecule has 0 aliphatic heterocycles. The van der Waals surface area contributed by atoms with Gasteiger partial charge in [-0.1, -0.05) is 24.3 Å². The van der Waals surface area contributed by atoms with Gasteiger partial charge in [-0.3, -0.25) is 10.1 Å². The van der Waals surface area contributed by atoms with E-state index in [9.17, 15) is 10.1 Å². The first-order valence-corrected chi connectivity index (χ1v) is 6.25. The third kappa shape index (κ3) is 2.57. The molecule has 96 valence electrons. The summed E-state index contributed by atoms with van der Waals surface area (Å²) in [6.45, 7) is 0. The molecule has 3 rings (SSSR count). The van der Waals surface area contributed by atoms with Gasteiger partial charge in [0, 0.05) is 6.07 Å². The van der Waals surface area contributed by atoms with Gasteiger partial charge in [-0.05, 0) is 42.5 Å². The highest BCUT2D eigenvalue weighted by Crippen LogP contribution is 2.43. The van der Waals surface area contributed by atoms with Crippen molar-refractivity contribution < 1.29 is 9.66 Å². The molecule has 0 spiro atoms. The molecular weight excluding hydrogens is 242 g/mol. The van der Waals surface area contributed by atoms with Crippen LogP contribution in [0.1, 0.15) is 24.3 Å². The van der Waals surface area contributed by atoms with Crippen molar-refractivity contribution in [3.8, 4) is 11.5 Å². The summed E-state index contributed by atoms with van der Waals surface area (Å²) in [6, 6.07) is 14.3. The second-order valence-electron chi connectivity index (χ2n) is 4.67. The van der Waals surface area contributed by atoms with Crippen LogP contribution in [0.5, 0.6) is 11.5 Å². The van der Waals surface area contributed by atoms with Crippen LogP contribution in [0.3, 0.4) is 0 Å². The van der Waals surface area contributed by atoms with E-state index in [0.717, 1.165) is 18.4 Å². The Kier molecular flexibility index (Phi) is 2.91. The van der Waals surface area contributed by atoms with Crippen LogP contribution >= 0.6 is 0 Å². The first kappa shape index (κ1) is 11.7. The molecule has 0 heterocycles. The Morgan fingerprint density at radius 3 is 2.47 bits per heavy atom. The van der Waals surface area contributed by atoms with Crippen LogP contribution in [0, 0.1) is 10.1 Å². The normalized spacial score (nSPS) is 14.1. The molecule has 1 aliphatic carbocycles. The maximum absolute atomic E-state index is 11.1. The van der Waals surface area contributed by atoms with Crippen LogP contribution < -0.4 is 4.74 Å². The molecule has 19 heavy (non-hydrogen) atoms. The van der Waals surface area contributed by atoms with Gasteiger partial charge in [0.2, 0.25) is 5.75 Å². The number of benzene rings is 2. The fourth-order valence-electron chi connectivity index (χ4n) is 2.05. The lowest BCUT2D eigenvalue weighted by Crippen LogP contribution is -1.95. The lowest BCUT2D eigenvalue weighted by Gasteiger charge is -2.07. The van der Waals surface area contributed by atoms with Gasteiger partial charge in [0.25, 0.3) is 0 Å². The second kappa shape index (κ2) is 4.72. The van der Waals surface area contributed by atoms with E-state index in [-0.39, 0.29) is 10.6 Å². The van der Waals surface area contributed by atoms with Crippen LogP contribution in [-0.4, -0.2) is 4.92 Å². The van der Waals surface area contributed by atoms with E-state index in [1.54, 1.807) is 24.3 Å². The molecule has 0 N–H and O–H groups in total. The van der Waals surface area contributed by atoms with Crippen molar-refractivity contribution in [2.45, 2.75) is 18.8 Å². The van der Waals surface area contributed by atoms with Crippen LogP contribution in [0.25, 0.3) is 0 Å². The van der Waals surface area contributed by atoms with Crippen molar-refractivity contribution in [2.24, 2.45) is 0 Å². The van der Waals surface area contributed by atoms with Crippen molar-refractivity contribution >= 4 is 5.69 Å². The van der Waals surface area contributed by atoms with E-state index >= 15 is 0 Å². The Morgan fingerprint density at radius 2 is 1.84 bits per heavy atom. The molecule has 4 nitrogen and oxygen atoms in total. The van der Waals surface area contributed by atoms with Gasteiger partial charge in [0.05, 0.1) is 4.92 Å².